The van der Waals surface area contributed by atoms with Gasteiger partial charge in [0.05, 0.1) is 5.71 Å². The Balaban J connectivity index is 1.72. The molecule has 25 heavy (non-hydrogen) atoms. The molecule has 126 valence electrons. The van der Waals surface area contributed by atoms with Crippen LogP contribution in [0.2, 0.25) is 5.15 Å². The van der Waals surface area contributed by atoms with E-state index in [1.165, 1.54) is 6.07 Å². The van der Waals surface area contributed by atoms with E-state index in [1.807, 2.05) is 18.2 Å². The van der Waals surface area contributed by atoms with Crippen LogP contribution in [0.15, 0.2) is 65.8 Å². The molecule has 0 radical (unpaired) electrons. The number of hydrogen-bond acceptors (Lipinski definition) is 5. The molecule has 0 aliphatic rings. The largest absolute Gasteiger partial charge is 0.454 e. The second-order valence-electron chi connectivity index (χ2n) is 5.11. The number of ether oxygens (including phenoxy) is 1. The van der Waals surface area contributed by atoms with E-state index in [2.05, 4.69) is 20.7 Å². The fourth-order valence-corrected chi connectivity index (χ4v) is 2.11. The lowest BCUT2D eigenvalue weighted by Crippen LogP contribution is -2.02. The summed E-state index contributed by atoms with van der Waals surface area (Å²) in [5.74, 6) is 0.692. The average molecular weight is 357 g/mol. The van der Waals surface area contributed by atoms with Crippen molar-refractivity contribution in [3.05, 3.63) is 77.2 Å². The topological polar surface area (TPSA) is 59.4 Å². The molecule has 2 aromatic carbocycles. The summed E-state index contributed by atoms with van der Waals surface area (Å²) in [6.45, 7) is 1.75. The third kappa shape index (κ3) is 4.51. The lowest BCUT2D eigenvalue weighted by atomic mass is 10.1. The van der Waals surface area contributed by atoms with Crippen molar-refractivity contribution in [2.45, 2.75) is 6.92 Å². The molecule has 3 aromatic rings. The van der Waals surface area contributed by atoms with Gasteiger partial charge in [0.25, 0.3) is 0 Å². The summed E-state index contributed by atoms with van der Waals surface area (Å²) in [5, 5.41) is 12.0. The van der Waals surface area contributed by atoms with Gasteiger partial charge in [-0.2, -0.15) is 5.10 Å². The molecule has 3 rings (SSSR count). The predicted molar refractivity (Wildman–Crippen MR) is 95.8 cm³/mol. The zero-order valence-electron chi connectivity index (χ0n) is 13.3. The van der Waals surface area contributed by atoms with Crippen LogP contribution in [0.25, 0.3) is 0 Å². The molecule has 0 saturated heterocycles. The number of hydrogen-bond donors (Lipinski definition) is 1. The van der Waals surface area contributed by atoms with E-state index in [0.29, 0.717) is 28.0 Å². The monoisotopic (exact) mass is 356 g/mol. The smallest absolute Gasteiger partial charge is 0.168 e. The van der Waals surface area contributed by atoms with Gasteiger partial charge in [0, 0.05) is 5.56 Å². The van der Waals surface area contributed by atoms with Crippen LogP contribution in [0, 0.1) is 5.82 Å². The van der Waals surface area contributed by atoms with Crippen molar-refractivity contribution in [3.63, 3.8) is 0 Å². The first-order chi connectivity index (χ1) is 12.1. The first-order valence-corrected chi connectivity index (χ1v) is 7.82. The van der Waals surface area contributed by atoms with Gasteiger partial charge in [-0.3, -0.25) is 5.43 Å². The minimum atomic E-state index is -0.470. The zero-order chi connectivity index (χ0) is 17.6. The van der Waals surface area contributed by atoms with Crippen LogP contribution in [0.5, 0.6) is 11.5 Å². The van der Waals surface area contributed by atoms with E-state index in [4.69, 9.17) is 16.3 Å². The number of anilines is 1. The van der Waals surface area contributed by atoms with Gasteiger partial charge in [-0.15, -0.1) is 10.2 Å². The minimum Gasteiger partial charge on any atom is -0.454 e. The summed E-state index contributed by atoms with van der Waals surface area (Å²) in [7, 11) is 0. The summed E-state index contributed by atoms with van der Waals surface area (Å²) in [4.78, 5) is 0. The van der Waals surface area contributed by atoms with Crippen LogP contribution in [-0.2, 0) is 0 Å². The van der Waals surface area contributed by atoms with Gasteiger partial charge in [-0.05, 0) is 49.4 Å². The number of aromatic nitrogens is 2. The third-order valence-electron chi connectivity index (χ3n) is 3.29. The Morgan fingerprint density at radius 1 is 1.08 bits per heavy atom. The first kappa shape index (κ1) is 16.9. The van der Waals surface area contributed by atoms with Gasteiger partial charge in [0.1, 0.15) is 5.75 Å². The fraction of sp³-hybridized carbons (Fsp3) is 0.0556. The van der Waals surface area contributed by atoms with Crippen molar-refractivity contribution in [2.75, 3.05) is 5.43 Å². The Morgan fingerprint density at radius 2 is 1.88 bits per heavy atom. The predicted octanol–water partition coefficient (Wildman–Crippen LogP) is 4.90. The molecule has 0 spiro atoms. The van der Waals surface area contributed by atoms with Crippen molar-refractivity contribution >= 4 is 23.1 Å². The number of benzene rings is 2. The van der Waals surface area contributed by atoms with E-state index >= 15 is 0 Å². The maximum Gasteiger partial charge on any atom is 0.168 e. The molecule has 0 fully saturated rings. The fourth-order valence-electron chi connectivity index (χ4n) is 2.01. The Hall–Kier alpha value is -2.99. The molecule has 5 nitrogen and oxygen atoms in total. The highest BCUT2D eigenvalue weighted by atomic mass is 35.5. The lowest BCUT2D eigenvalue weighted by molar-refractivity contribution is 0.442. The SMILES string of the molecule is C/C(=N\Nc1ccc(Cl)nn1)c1ccc(Oc2ccccc2)c(F)c1. The van der Waals surface area contributed by atoms with Crippen molar-refractivity contribution in [1.82, 2.24) is 10.2 Å². The molecule has 0 unspecified atom stereocenters. The number of rotatable bonds is 5. The maximum atomic E-state index is 14.3. The Kier molecular flexibility index (Phi) is 5.20. The normalized spacial score (nSPS) is 11.2. The summed E-state index contributed by atoms with van der Waals surface area (Å²) < 4.78 is 19.8. The number of halogens is 2. The van der Waals surface area contributed by atoms with E-state index < -0.39 is 5.82 Å². The Labute approximate surface area is 149 Å². The number of hydrazone groups is 1. The summed E-state index contributed by atoms with van der Waals surface area (Å²) in [6.07, 6.45) is 0. The van der Waals surface area contributed by atoms with Crippen molar-refractivity contribution in [1.29, 1.82) is 0 Å². The van der Waals surface area contributed by atoms with Gasteiger partial charge < -0.3 is 4.74 Å². The maximum absolute atomic E-state index is 14.3. The molecule has 0 bridgehead atoms. The first-order valence-electron chi connectivity index (χ1n) is 7.44. The van der Waals surface area contributed by atoms with Gasteiger partial charge in [-0.25, -0.2) is 4.39 Å². The third-order valence-corrected chi connectivity index (χ3v) is 3.49. The summed E-state index contributed by atoms with van der Waals surface area (Å²) in [5.41, 5.74) is 3.95. The molecule has 7 heteroatoms. The molecule has 0 saturated carbocycles. The van der Waals surface area contributed by atoms with Crippen LogP contribution in [0.3, 0.4) is 0 Å². The van der Waals surface area contributed by atoms with Gasteiger partial charge in [0.2, 0.25) is 0 Å². The van der Waals surface area contributed by atoms with Crippen LogP contribution >= 0.6 is 11.6 Å². The Morgan fingerprint density at radius 3 is 2.56 bits per heavy atom. The van der Waals surface area contributed by atoms with Crippen molar-refractivity contribution in [3.8, 4) is 11.5 Å². The summed E-state index contributed by atoms with van der Waals surface area (Å²) >= 11 is 5.67. The molecular formula is C18H14ClFN4O. The van der Waals surface area contributed by atoms with Crippen LogP contribution < -0.4 is 10.2 Å². The number of nitrogens with one attached hydrogen (secondary N) is 1. The number of nitrogens with zero attached hydrogens (tertiary/aromatic N) is 3. The standard InChI is InChI=1S/C18H14ClFN4O/c1-12(21-23-18-10-9-17(19)22-24-18)13-7-8-16(15(20)11-13)25-14-5-3-2-4-6-14/h2-11H,1H3,(H,23,24)/b21-12+. The molecule has 0 atom stereocenters. The Bertz CT molecular complexity index is 885. The molecule has 0 amide bonds. The molecular weight excluding hydrogens is 343 g/mol. The molecule has 1 N–H and O–H groups in total. The molecule has 1 heterocycles. The average Bonchev–Trinajstić information content (AvgIpc) is 2.63. The van der Waals surface area contributed by atoms with Crippen molar-refractivity contribution in [2.24, 2.45) is 5.10 Å². The summed E-state index contributed by atoms with van der Waals surface area (Å²) in [6, 6.07) is 16.9. The zero-order valence-corrected chi connectivity index (χ0v) is 14.0. The van der Waals surface area contributed by atoms with Gasteiger partial charge in [-0.1, -0.05) is 29.8 Å². The quantitative estimate of drug-likeness (QED) is 0.522. The van der Waals surface area contributed by atoms with Crippen LogP contribution in [0.4, 0.5) is 10.2 Å². The van der Waals surface area contributed by atoms with Gasteiger partial charge >= 0.3 is 0 Å². The minimum absolute atomic E-state index is 0.152. The number of para-hydroxylation sites is 1. The highest BCUT2D eigenvalue weighted by Gasteiger charge is 2.08. The van der Waals surface area contributed by atoms with E-state index in [-0.39, 0.29) is 5.75 Å². The van der Waals surface area contributed by atoms with Crippen LogP contribution in [0.1, 0.15) is 12.5 Å². The molecule has 0 aliphatic heterocycles. The van der Waals surface area contributed by atoms with Crippen LogP contribution in [-0.4, -0.2) is 15.9 Å². The second kappa shape index (κ2) is 7.72. The second-order valence-corrected chi connectivity index (χ2v) is 5.50. The molecule has 1 aromatic heterocycles. The molecule has 0 aliphatic carbocycles. The van der Waals surface area contributed by atoms with Gasteiger partial charge in [0.15, 0.2) is 22.5 Å². The highest BCUT2D eigenvalue weighted by Crippen LogP contribution is 2.25. The van der Waals surface area contributed by atoms with E-state index in [0.717, 1.165) is 0 Å². The van der Waals surface area contributed by atoms with E-state index in [1.54, 1.807) is 43.3 Å². The van der Waals surface area contributed by atoms with Crippen molar-refractivity contribution < 1.29 is 9.13 Å². The highest BCUT2D eigenvalue weighted by molar-refractivity contribution is 6.29. The van der Waals surface area contributed by atoms with E-state index in [9.17, 15) is 4.39 Å². The lowest BCUT2D eigenvalue weighted by Gasteiger charge is -2.08.